The maximum Gasteiger partial charge on any atom is 0.328 e. The Balaban J connectivity index is 2.21. The number of hydrogen-bond donors (Lipinski definition) is 1. The molecular weight excluding hydrogens is 320 g/mol. The van der Waals surface area contributed by atoms with Crippen LogP contribution in [0.1, 0.15) is 52.3 Å². The van der Waals surface area contributed by atoms with E-state index in [1.54, 1.807) is 12.1 Å². The maximum absolute atomic E-state index is 12.4. The standard InChI is InChI=1S/C17H20N2O5/c1-11(20)18-14(17(23)24-2)9-5-6-10-19-15(21)12-7-3-4-8-13(12)16(19)22/h3-4,7-8,14H,5-6,9-10H2,1-2H3,(H,18,20)/t14-/m0/s1/i5+1D,6+1D,9+1D,10+1D,14+1,17+1,18+1,19+1/t5-,6+,9-,10-,14+/m1. The lowest BCUT2D eigenvalue weighted by Crippen LogP contribution is -2.40. The van der Waals surface area contributed by atoms with Crippen LogP contribution < -0.4 is 5.32 Å². The number of carbonyl (C=O) groups excluding carboxylic acids is 4. The Bertz CT molecular complexity index is 771. The van der Waals surface area contributed by atoms with Crippen LogP contribution in [0.5, 0.6) is 0 Å². The van der Waals surface area contributed by atoms with Crippen LogP contribution >= 0.6 is 0 Å². The Hall–Kier alpha value is -2.70. The Morgan fingerprint density at radius 1 is 1.21 bits per heavy atom. The predicted octanol–water partition coefficient (Wildman–Crippen LogP) is 1.13. The minimum atomic E-state index is -1.77. The van der Waals surface area contributed by atoms with Crippen molar-refractivity contribution in [1.29, 1.82) is 0 Å². The summed E-state index contributed by atoms with van der Waals surface area (Å²) in [7, 11) is 1.05. The van der Waals surface area contributed by atoms with Gasteiger partial charge < -0.3 is 10.1 Å². The van der Waals surface area contributed by atoms with E-state index in [1.807, 2.05) is 0 Å². The van der Waals surface area contributed by atoms with Crippen molar-refractivity contribution >= 4 is 23.7 Å². The van der Waals surface area contributed by atoms with Gasteiger partial charge in [-0.25, -0.2) is 4.79 Å². The summed E-state index contributed by atoms with van der Waals surface area (Å²) >= 11 is 0. The second-order valence-electron chi connectivity index (χ2n) is 4.95. The number of fused-ring (bicyclic) bond motifs is 1. The third kappa shape index (κ3) is 3.79. The third-order valence-corrected chi connectivity index (χ3v) is 3.29. The molecule has 24 heavy (non-hydrogen) atoms. The number of rotatable bonds is 7. The molecule has 0 bridgehead atoms. The van der Waals surface area contributed by atoms with Crippen molar-refractivity contribution in [1.82, 2.24) is 10.2 Å². The number of esters is 1. The number of nitrogens with one attached hydrogen (secondary N) is 1. The number of nitrogens with zero attached hydrogens (tertiary/aromatic N) is 1. The lowest BCUT2D eigenvalue weighted by molar-refractivity contribution is -0.145. The van der Waals surface area contributed by atoms with Gasteiger partial charge in [-0.05, 0) is 31.3 Å². The topological polar surface area (TPSA) is 92.8 Å². The summed E-state index contributed by atoms with van der Waals surface area (Å²) in [5.41, 5.74) is 0.207. The molecule has 0 aliphatic carbocycles. The molecule has 0 unspecified atom stereocenters. The van der Waals surface area contributed by atoms with Crippen LogP contribution in [0.4, 0.5) is 0 Å². The zero-order valence-corrected chi connectivity index (χ0v) is 13.2. The van der Waals surface area contributed by atoms with Gasteiger partial charge >= 0.3 is 5.97 Å². The quantitative estimate of drug-likeness (QED) is 0.346. The minimum absolute atomic E-state index is 0.103. The fraction of sp³-hybridized carbons (Fsp3) is 0.412. The van der Waals surface area contributed by atoms with Crippen molar-refractivity contribution in [3.8, 4) is 0 Å². The average Bonchev–Trinajstić information content (AvgIpc) is 2.93. The Kier molecular flexibility index (Phi) is 4.08. The summed E-state index contributed by atoms with van der Waals surface area (Å²) in [4.78, 5) is 48.6. The number of amides is 3. The second-order valence-corrected chi connectivity index (χ2v) is 4.95. The molecular formula is C17H20N2O5. The van der Waals surface area contributed by atoms with E-state index in [2.05, 4.69) is 10.1 Å². The monoisotopic (exact) mass is 344 g/mol. The van der Waals surface area contributed by atoms with Crippen LogP contribution in [0, 0.1) is 0 Å². The lowest BCUT2D eigenvalue weighted by Gasteiger charge is -2.17. The molecule has 1 aromatic rings. The summed E-state index contributed by atoms with van der Waals surface area (Å²) in [6.07, 6.45) is -5.06. The van der Waals surface area contributed by atoms with Gasteiger partial charge in [-0.1, -0.05) is 12.1 Å². The van der Waals surface area contributed by atoms with Crippen LogP contribution in [0.25, 0.3) is 0 Å². The molecule has 0 fully saturated rings. The van der Waals surface area contributed by atoms with Crippen LogP contribution in [0.3, 0.4) is 0 Å². The first kappa shape index (κ1) is 12.7. The normalized spacial score (nSPS) is 22.0. The van der Waals surface area contributed by atoms with Gasteiger partial charge in [0.15, 0.2) is 0 Å². The number of imide groups is 1. The largest absolute Gasteiger partial charge is 0.467 e. The summed E-state index contributed by atoms with van der Waals surface area (Å²) in [5, 5.41) is 2.19. The van der Waals surface area contributed by atoms with Crippen LogP contribution in [-0.4, -0.2) is 48.3 Å². The highest BCUT2D eigenvalue weighted by Gasteiger charge is 2.34. The number of ether oxygens (including phenoxy) is 1. The molecule has 2 rings (SSSR count). The van der Waals surface area contributed by atoms with Crippen molar-refractivity contribution in [2.45, 2.75) is 32.2 Å². The molecule has 128 valence electrons. The predicted molar refractivity (Wildman–Crippen MR) is 85.3 cm³/mol. The SMILES string of the molecule is [2H][13C@@H]([13C@@H]([2H])[13C@H]([15NH]C(C)=O)[13C](=O)OC)[13C@H]([2H])[13C@@H]([2H])[15N]1C(=O)c2ccccc2C1=O. The Labute approximate surface area is 145 Å². The molecule has 7 nitrogen and oxygen atoms in total. The second kappa shape index (κ2) is 7.72. The molecule has 1 aromatic carbocycles. The first-order valence-electron chi connectivity index (χ1n) is 9.43. The molecule has 0 aromatic heterocycles. The molecule has 5 atom stereocenters. The third-order valence-electron chi connectivity index (χ3n) is 3.29. The van der Waals surface area contributed by atoms with E-state index in [1.165, 1.54) is 12.1 Å². The molecule has 0 saturated carbocycles. The number of methoxy groups -OCH3 is 1. The van der Waals surface area contributed by atoms with E-state index < -0.39 is 55.4 Å². The van der Waals surface area contributed by atoms with Crippen molar-refractivity contribution < 1.29 is 29.4 Å². The van der Waals surface area contributed by atoms with Gasteiger partial charge in [0, 0.05) is 18.9 Å². The summed E-state index contributed by atoms with van der Waals surface area (Å²) in [5.74, 6) is -3.11. The molecule has 3 amide bonds. The zero-order chi connectivity index (χ0) is 21.2. The van der Waals surface area contributed by atoms with Crippen molar-refractivity contribution in [3.05, 3.63) is 35.4 Å². The highest BCUT2D eigenvalue weighted by molar-refractivity contribution is 6.21. The number of hydrogen-bond acceptors (Lipinski definition) is 5. The van der Waals surface area contributed by atoms with Gasteiger partial charge in [-0.15, -0.1) is 0 Å². The minimum Gasteiger partial charge on any atom is -0.467 e. The van der Waals surface area contributed by atoms with E-state index >= 15 is 0 Å². The molecule has 0 spiro atoms. The van der Waals surface area contributed by atoms with E-state index in [0.717, 1.165) is 14.0 Å². The first-order chi connectivity index (χ1) is 13.1. The van der Waals surface area contributed by atoms with Gasteiger partial charge in [-0.3, -0.25) is 19.3 Å². The van der Waals surface area contributed by atoms with Crippen LogP contribution in [0.2, 0.25) is 0 Å². The van der Waals surface area contributed by atoms with Gasteiger partial charge in [0.25, 0.3) is 11.8 Å². The van der Waals surface area contributed by atoms with E-state index in [-0.39, 0.29) is 11.1 Å². The maximum atomic E-state index is 12.4. The highest BCUT2D eigenvalue weighted by Crippen LogP contribution is 2.22. The van der Waals surface area contributed by atoms with Crippen LogP contribution in [0.15, 0.2) is 24.3 Å². The fourth-order valence-corrected chi connectivity index (χ4v) is 2.19. The smallest absolute Gasteiger partial charge is 0.328 e. The Morgan fingerprint density at radius 3 is 2.29 bits per heavy atom. The Morgan fingerprint density at radius 2 is 1.79 bits per heavy atom. The summed E-state index contributed by atoms with van der Waals surface area (Å²) < 4.78 is 37.0. The van der Waals surface area contributed by atoms with Gasteiger partial charge in [0.1, 0.15) is 6.04 Å². The van der Waals surface area contributed by atoms with Gasteiger partial charge in [-0.2, -0.15) is 0 Å². The molecule has 1 aliphatic rings. The van der Waals surface area contributed by atoms with Crippen molar-refractivity contribution in [2.24, 2.45) is 0 Å². The zero-order valence-electron chi connectivity index (χ0n) is 17.2. The van der Waals surface area contributed by atoms with E-state index in [0.29, 0.717) is 4.90 Å². The first-order valence-corrected chi connectivity index (χ1v) is 7.12. The molecule has 1 N–H and O–H groups in total. The van der Waals surface area contributed by atoms with Crippen molar-refractivity contribution in [3.63, 3.8) is 0 Å². The fourth-order valence-electron chi connectivity index (χ4n) is 2.19. The highest BCUT2D eigenvalue weighted by atomic mass is 16.6. The van der Waals surface area contributed by atoms with Crippen LogP contribution in [-0.2, 0) is 14.3 Å². The number of carbonyl (C=O) groups is 4. The van der Waals surface area contributed by atoms with E-state index in [4.69, 9.17) is 5.48 Å². The lowest BCUT2D eigenvalue weighted by atomic mass is 10.1. The van der Waals surface area contributed by atoms with Gasteiger partial charge in [0.2, 0.25) is 5.91 Å². The molecule has 1 heterocycles. The van der Waals surface area contributed by atoms with Crippen molar-refractivity contribution in [2.75, 3.05) is 13.6 Å². The molecule has 1 aliphatic heterocycles. The molecule has 7 heteroatoms. The number of benzene rings is 1. The molecule has 0 radical (unpaired) electrons. The molecule has 0 saturated heterocycles. The summed E-state index contributed by atoms with van der Waals surface area (Å²) in [6, 6.07) is 4.46. The average molecular weight is 344 g/mol. The summed E-state index contributed by atoms with van der Waals surface area (Å²) in [6.45, 7) is -0.648. The van der Waals surface area contributed by atoms with E-state index in [9.17, 15) is 19.2 Å². The van der Waals surface area contributed by atoms with Gasteiger partial charge in [0.05, 0.1) is 18.2 Å².